The van der Waals surface area contributed by atoms with E-state index in [1.165, 1.54) is 0 Å². The Kier molecular flexibility index (Phi) is 7.00. The molecule has 0 bridgehead atoms. The standard InChI is InChI=1S/C23H26N2O4/c1-28-19-10-6-17(7-11-19)16-21(23(27)25-14-4-3-5-15-25)24-22(26)18-8-12-20(29-2)13-9-18/h6-13H,3-5,14-16H2,1-2H3. The first-order valence-corrected chi connectivity index (χ1v) is 9.79. The molecule has 0 saturated carbocycles. The van der Waals surface area contributed by atoms with Crippen LogP contribution in [0.4, 0.5) is 0 Å². The molecule has 1 aliphatic rings. The summed E-state index contributed by atoms with van der Waals surface area (Å²) < 4.78 is 10.3. The number of aliphatic imine (C=N–C) groups is 1. The van der Waals surface area contributed by atoms with Gasteiger partial charge in [-0.25, -0.2) is 4.99 Å². The molecule has 152 valence electrons. The Morgan fingerprint density at radius 1 is 0.862 bits per heavy atom. The van der Waals surface area contributed by atoms with E-state index in [1.807, 2.05) is 24.3 Å². The molecular weight excluding hydrogens is 368 g/mol. The summed E-state index contributed by atoms with van der Waals surface area (Å²) in [5, 5.41) is 0. The van der Waals surface area contributed by atoms with Gasteiger partial charge in [-0.15, -0.1) is 0 Å². The lowest BCUT2D eigenvalue weighted by Crippen LogP contribution is -2.41. The molecule has 6 nitrogen and oxygen atoms in total. The zero-order chi connectivity index (χ0) is 20.6. The molecule has 1 aliphatic heterocycles. The van der Waals surface area contributed by atoms with Gasteiger partial charge in [0.25, 0.3) is 11.8 Å². The molecule has 0 aromatic heterocycles. The second kappa shape index (κ2) is 9.87. The molecular formula is C23H26N2O4. The third-order valence-electron chi connectivity index (χ3n) is 4.99. The van der Waals surface area contributed by atoms with Gasteiger partial charge in [0, 0.05) is 25.1 Å². The molecule has 0 spiro atoms. The molecule has 2 aromatic carbocycles. The summed E-state index contributed by atoms with van der Waals surface area (Å²) in [6.07, 6.45) is 3.38. The highest BCUT2D eigenvalue weighted by atomic mass is 16.5. The summed E-state index contributed by atoms with van der Waals surface area (Å²) in [7, 11) is 3.18. The number of carbonyl (C=O) groups is 2. The summed E-state index contributed by atoms with van der Waals surface area (Å²) in [6.45, 7) is 1.41. The van der Waals surface area contributed by atoms with Crippen molar-refractivity contribution >= 4 is 17.5 Å². The van der Waals surface area contributed by atoms with Gasteiger partial charge in [0.05, 0.1) is 14.2 Å². The van der Waals surface area contributed by atoms with E-state index in [4.69, 9.17) is 9.47 Å². The smallest absolute Gasteiger partial charge is 0.277 e. The van der Waals surface area contributed by atoms with Crippen LogP contribution in [0.1, 0.15) is 35.2 Å². The van der Waals surface area contributed by atoms with Crippen molar-refractivity contribution in [3.63, 3.8) is 0 Å². The molecule has 0 radical (unpaired) electrons. The van der Waals surface area contributed by atoms with Crippen LogP contribution >= 0.6 is 0 Å². The van der Waals surface area contributed by atoms with Crippen LogP contribution < -0.4 is 9.47 Å². The van der Waals surface area contributed by atoms with Gasteiger partial charge < -0.3 is 14.4 Å². The number of nitrogens with zero attached hydrogens (tertiary/aromatic N) is 2. The van der Waals surface area contributed by atoms with Gasteiger partial charge in [-0.1, -0.05) is 12.1 Å². The van der Waals surface area contributed by atoms with Gasteiger partial charge in [0.2, 0.25) is 0 Å². The van der Waals surface area contributed by atoms with Crippen molar-refractivity contribution in [2.45, 2.75) is 25.7 Å². The van der Waals surface area contributed by atoms with Crippen LogP contribution in [0.5, 0.6) is 11.5 Å². The van der Waals surface area contributed by atoms with Crippen LogP contribution in [0, 0.1) is 0 Å². The van der Waals surface area contributed by atoms with Crippen LogP contribution in [0.25, 0.3) is 0 Å². The minimum atomic E-state index is -0.429. The lowest BCUT2D eigenvalue weighted by atomic mass is 10.0. The van der Waals surface area contributed by atoms with Crippen LogP contribution in [-0.4, -0.2) is 49.7 Å². The van der Waals surface area contributed by atoms with Gasteiger partial charge in [-0.05, 0) is 61.2 Å². The second-order valence-electron chi connectivity index (χ2n) is 6.97. The number of carbonyl (C=O) groups excluding carboxylic acids is 2. The van der Waals surface area contributed by atoms with Crippen LogP contribution in [0.15, 0.2) is 53.5 Å². The number of hydrogen-bond donors (Lipinski definition) is 0. The van der Waals surface area contributed by atoms with Crippen LogP contribution in [0.2, 0.25) is 0 Å². The van der Waals surface area contributed by atoms with Crippen molar-refractivity contribution in [3.8, 4) is 11.5 Å². The van der Waals surface area contributed by atoms with E-state index in [0.717, 1.165) is 30.6 Å². The van der Waals surface area contributed by atoms with E-state index in [0.29, 0.717) is 30.8 Å². The molecule has 6 heteroatoms. The van der Waals surface area contributed by atoms with E-state index in [9.17, 15) is 9.59 Å². The number of piperidine rings is 1. The van der Waals surface area contributed by atoms with Gasteiger partial charge in [0.15, 0.2) is 0 Å². The van der Waals surface area contributed by atoms with Gasteiger partial charge in [-0.2, -0.15) is 0 Å². The largest absolute Gasteiger partial charge is 0.497 e. The Labute approximate surface area is 171 Å². The Morgan fingerprint density at radius 3 is 1.97 bits per heavy atom. The maximum atomic E-state index is 13.1. The molecule has 1 saturated heterocycles. The highest BCUT2D eigenvalue weighted by Crippen LogP contribution is 2.16. The van der Waals surface area contributed by atoms with E-state index in [1.54, 1.807) is 43.4 Å². The molecule has 0 atom stereocenters. The quantitative estimate of drug-likeness (QED) is 0.703. The number of likely N-dealkylation sites (tertiary alicyclic amines) is 1. The number of hydrogen-bond acceptors (Lipinski definition) is 4. The summed E-state index contributed by atoms with van der Waals surface area (Å²) in [5.41, 5.74) is 1.58. The fourth-order valence-electron chi connectivity index (χ4n) is 3.30. The number of rotatable bonds is 6. The zero-order valence-electron chi connectivity index (χ0n) is 16.9. The number of benzene rings is 2. The van der Waals surface area contributed by atoms with Crippen molar-refractivity contribution in [3.05, 3.63) is 59.7 Å². The fraction of sp³-hybridized carbons (Fsp3) is 0.348. The Hall–Kier alpha value is -3.15. The van der Waals surface area contributed by atoms with Crippen molar-refractivity contribution in [2.75, 3.05) is 27.3 Å². The summed E-state index contributed by atoms with van der Waals surface area (Å²) >= 11 is 0. The lowest BCUT2D eigenvalue weighted by molar-refractivity contribution is -0.125. The summed E-state index contributed by atoms with van der Waals surface area (Å²) in [5.74, 6) is 0.807. The number of ether oxygens (including phenoxy) is 2. The Balaban J connectivity index is 1.86. The third kappa shape index (κ3) is 5.44. The number of methoxy groups -OCH3 is 2. The highest BCUT2D eigenvalue weighted by Gasteiger charge is 2.23. The maximum Gasteiger partial charge on any atom is 0.277 e. The van der Waals surface area contributed by atoms with E-state index < -0.39 is 5.91 Å². The van der Waals surface area contributed by atoms with Gasteiger partial charge in [0.1, 0.15) is 17.2 Å². The molecule has 1 heterocycles. The Bertz CT molecular complexity index is 867. The van der Waals surface area contributed by atoms with Crippen molar-refractivity contribution < 1.29 is 19.1 Å². The topological polar surface area (TPSA) is 68.2 Å². The summed E-state index contributed by atoms with van der Waals surface area (Å²) in [4.78, 5) is 31.8. The van der Waals surface area contributed by atoms with Gasteiger partial charge >= 0.3 is 0 Å². The SMILES string of the molecule is COc1ccc(CC(=NC(=O)c2ccc(OC)cc2)C(=O)N2CCCCC2)cc1. The molecule has 2 aromatic rings. The minimum Gasteiger partial charge on any atom is -0.497 e. The molecule has 0 N–H and O–H groups in total. The Morgan fingerprint density at radius 2 is 1.41 bits per heavy atom. The second-order valence-corrected chi connectivity index (χ2v) is 6.97. The first kappa shape index (κ1) is 20.6. The first-order valence-electron chi connectivity index (χ1n) is 9.79. The van der Waals surface area contributed by atoms with Gasteiger partial charge in [-0.3, -0.25) is 9.59 Å². The molecule has 0 unspecified atom stereocenters. The third-order valence-corrected chi connectivity index (χ3v) is 4.99. The van der Waals surface area contributed by atoms with E-state index >= 15 is 0 Å². The molecule has 2 amide bonds. The minimum absolute atomic E-state index is 0.164. The molecule has 29 heavy (non-hydrogen) atoms. The average molecular weight is 394 g/mol. The molecule has 3 rings (SSSR count). The fourth-order valence-corrected chi connectivity index (χ4v) is 3.30. The summed E-state index contributed by atoms with van der Waals surface area (Å²) in [6, 6.07) is 14.2. The maximum absolute atomic E-state index is 13.1. The average Bonchev–Trinajstić information content (AvgIpc) is 2.79. The van der Waals surface area contributed by atoms with Crippen LogP contribution in [0.3, 0.4) is 0 Å². The van der Waals surface area contributed by atoms with Crippen molar-refractivity contribution in [2.24, 2.45) is 4.99 Å². The highest BCUT2D eigenvalue weighted by molar-refractivity contribution is 6.41. The van der Waals surface area contributed by atoms with Crippen molar-refractivity contribution in [1.29, 1.82) is 0 Å². The molecule has 1 fully saturated rings. The predicted octanol–water partition coefficient (Wildman–Crippen LogP) is 3.54. The normalized spacial score (nSPS) is 14.4. The van der Waals surface area contributed by atoms with E-state index in [-0.39, 0.29) is 11.6 Å². The predicted molar refractivity (Wildman–Crippen MR) is 112 cm³/mol. The van der Waals surface area contributed by atoms with E-state index in [2.05, 4.69) is 4.99 Å². The van der Waals surface area contributed by atoms with Crippen LogP contribution in [-0.2, 0) is 11.2 Å². The number of amides is 2. The van der Waals surface area contributed by atoms with Crippen molar-refractivity contribution in [1.82, 2.24) is 4.90 Å². The monoisotopic (exact) mass is 394 g/mol. The zero-order valence-corrected chi connectivity index (χ0v) is 16.9. The first-order chi connectivity index (χ1) is 14.1. The molecule has 0 aliphatic carbocycles. The lowest BCUT2D eigenvalue weighted by Gasteiger charge is -2.27.